The van der Waals surface area contributed by atoms with Crippen molar-refractivity contribution in [1.82, 2.24) is 5.32 Å². The summed E-state index contributed by atoms with van der Waals surface area (Å²) in [5, 5.41) is 4.78. The van der Waals surface area contributed by atoms with E-state index in [-0.39, 0.29) is 5.56 Å². The van der Waals surface area contributed by atoms with Gasteiger partial charge in [0.2, 0.25) is 0 Å². The van der Waals surface area contributed by atoms with E-state index in [1.54, 1.807) is 48.5 Å². The molecule has 0 heterocycles. The average Bonchev–Trinajstić information content (AvgIpc) is 2.41. The van der Waals surface area contributed by atoms with Crippen molar-refractivity contribution < 1.29 is 9.59 Å². The number of para-hydroxylation sites is 1. The van der Waals surface area contributed by atoms with Gasteiger partial charge in [0.05, 0.1) is 5.56 Å². The molecule has 102 valence electrons. The second-order valence-electron chi connectivity index (χ2n) is 4.00. The Kier molecular flexibility index (Phi) is 4.37. The summed E-state index contributed by atoms with van der Waals surface area (Å²) in [4.78, 5) is 23.6. The molecule has 3 amide bonds. The van der Waals surface area contributed by atoms with Crippen LogP contribution >= 0.6 is 15.9 Å². The van der Waals surface area contributed by atoms with Gasteiger partial charge in [-0.2, -0.15) is 0 Å². The van der Waals surface area contributed by atoms with Gasteiger partial charge in [0, 0.05) is 15.8 Å². The molecule has 2 aromatic rings. The third-order valence-electron chi connectivity index (χ3n) is 2.53. The quantitative estimate of drug-likeness (QED) is 0.738. The van der Waals surface area contributed by atoms with E-state index in [4.69, 9.17) is 5.73 Å². The van der Waals surface area contributed by atoms with Gasteiger partial charge in [-0.25, -0.2) is 4.79 Å². The van der Waals surface area contributed by atoms with E-state index in [0.29, 0.717) is 11.4 Å². The molecule has 0 radical (unpaired) electrons. The summed E-state index contributed by atoms with van der Waals surface area (Å²) in [6, 6.07) is 12.9. The van der Waals surface area contributed by atoms with Crippen LogP contribution in [0.2, 0.25) is 0 Å². The predicted octanol–water partition coefficient (Wildman–Crippen LogP) is 2.99. The van der Waals surface area contributed by atoms with Crippen LogP contribution in [0, 0.1) is 0 Å². The lowest BCUT2D eigenvalue weighted by atomic mass is 10.2. The van der Waals surface area contributed by atoms with Crippen LogP contribution in [0.25, 0.3) is 0 Å². The van der Waals surface area contributed by atoms with Gasteiger partial charge in [-0.3, -0.25) is 10.1 Å². The number of nitrogens with one attached hydrogen (secondary N) is 2. The summed E-state index contributed by atoms with van der Waals surface area (Å²) in [5.74, 6) is -0.544. The van der Waals surface area contributed by atoms with Gasteiger partial charge in [0.25, 0.3) is 5.91 Å². The van der Waals surface area contributed by atoms with Gasteiger partial charge in [-0.15, -0.1) is 0 Å². The minimum atomic E-state index is -0.611. The first kappa shape index (κ1) is 14.1. The van der Waals surface area contributed by atoms with E-state index in [2.05, 4.69) is 26.6 Å². The molecular formula is C14H12BrN3O2. The molecule has 5 nitrogen and oxygen atoms in total. The lowest BCUT2D eigenvalue weighted by Crippen LogP contribution is -2.34. The molecule has 0 aromatic heterocycles. The molecule has 0 aliphatic carbocycles. The van der Waals surface area contributed by atoms with Crippen LogP contribution < -0.4 is 16.4 Å². The molecule has 0 unspecified atom stereocenters. The Morgan fingerprint density at radius 1 is 1.00 bits per heavy atom. The zero-order valence-corrected chi connectivity index (χ0v) is 12.0. The van der Waals surface area contributed by atoms with Crippen molar-refractivity contribution in [1.29, 1.82) is 0 Å². The van der Waals surface area contributed by atoms with Gasteiger partial charge < -0.3 is 11.1 Å². The van der Waals surface area contributed by atoms with Crippen LogP contribution in [0.5, 0.6) is 0 Å². The summed E-state index contributed by atoms with van der Waals surface area (Å²) in [6.07, 6.45) is 0. The van der Waals surface area contributed by atoms with Gasteiger partial charge in [-0.1, -0.05) is 28.1 Å². The number of halogens is 1. The third-order valence-corrected chi connectivity index (χ3v) is 3.06. The number of anilines is 2. The summed E-state index contributed by atoms with van der Waals surface area (Å²) < 4.78 is 0.900. The van der Waals surface area contributed by atoms with Crippen molar-refractivity contribution in [3.8, 4) is 0 Å². The molecule has 6 heteroatoms. The number of benzene rings is 2. The maximum Gasteiger partial charge on any atom is 0.326 e. The fourth-order valence-corrected chi connectivity index (χ4v) is 1.83. The predicted molar refractivity (Wildman–Crippen MR) is 81.5 cm³/mol. The summed E-state index contributed by atoms with van der Waals surface area (Å²) in [7, 11) is 0. The first-order valence-electron chi connectivity index (χ1n) is 5.78. The van der Waals surface area contributed by atoms with E-state index in [1.165, 1.54) is 0 Å². The molecule has 2 rings (SSSR count). The first-order chi connectivity index (χ1) is 9.56. The highest BCUT2D eigenvalue weighted by Crippen LogP contribution is 2.14. The number of hydrogen-bond acceptors (Lipinski definition) is 3. The Labute approximate surface area is 124 Å². The van der Waals surface area contributed by atoms with Crippen molar-refractivity contribution >= 4 is 39.2 Å². The Bertz CT molecular complexity index is 641. The van der Waals surface area contributed by atoms with Crippen molar-refractivity contribution in [3.05, 3.63) is 58.6 Å². The molecule has 0 saturated carbocycles. The summed E-state index contributed by atoms with van der Waals surface area (Å²) in [6.45, 7) is 0. The number of hydrogen-bond donors (Lipinski definition) is 3. The highest BCUT2D eigenvalue weighted by atomic mass is 79.9. The minimum absolute atomic E-state index is 0.262. The van der Waals surface area contributed by atoms with Crippen molar-refractivity contribution in [3.63, 3.8) is 0 Å². The molecule has 0 saturated heterocycles. The lowest BCUT2D eigenvalue weighted by molar-refractivity contribution is 0.0968. The molecule has 0 fully saturated rings. The second-order valence-corrected chi connectivity index (χ2v) is 4.92. The SMILES string of the molecule is Nc1ccccc1C(=O)NC(=O)Nc1ccc(Br)cc1. The number of rotatable bonds is 2. The molecule has 0 aliphatic rings. The van der Waals surface area contributed by atoms with E-state index in [1.807, 2.05) is 0 Å². The average molecular weight is 334 g/mol. The van der Waals surface area contributed by atoms with Crippen LogP contribution in [0.15, 0.2) is 53.0 Å². The van der Waals surface area contributed by atoms with Crippen molar-refractivity contribution in [2.24, 2.45) is 0 Å². The number of nitrogens with two attached hydrogens (primary N) is 1. The fraction of sp³-hybridized carbons (Fsp3) is 0. The molecule has 0 aliphatic heterocycles. The summed E-state index contributed by atoms with van der Waals surface area (Å²) >= 11 is 3.29. The molecule has 2 aromatic carbocycles. The smallest absolute Gasteiger partial charge is 0.326 e. The third kappa shape index (κ3) is 3.58. The molecule has 4 N–H and O–H groups in total. The van der Waals surface area contributed by atoms with Gasteiger partial charge in [0.15, 0.2) is 0 Å². The number of carbonyl (C=O) groups is 2. The summed E-state index contributed by atoms with van der Waals surface area (Å²) in [5.41, 5.74) is 6.83. The van der Waals surface area contributed by atoms with E-state index < -0.39 is 11.9 Å². The van der Waals surface area contributed by atoms with Gasteiger partial charge >= 0.3 is 6.03 Å². The Morgan fingerprint density at radius 2 is 1.65 bits per heavy atom. The maximum atomic E-state index is 11.9. The van der Waals surface area contributed by atoms with E-state index in [0.717, 1.165) is 4.47 Å². The number of urea groups is 1. The highest BCUT2D eigenvalue weighted by molar-refractivity contribution is 9.10. The monoisotopic (exact) mass is 333 g/mol. The zero-order chi connectivity index (χ0) is 14.5. The standard InChI is InChI=1S/C14H12BrN3O2/c15-9-5-7-10(8-6-9)17-14(20)18-13(19)11-3-1-2-4-12(11)16/h1-8H,16H2,(H2,17,18,19,20). The van der Waals surface area contributed by atoms with Crippen LogP contribution in [0.1, 0.15) is 10.4 Å². The van der Waals surface area contributed by atoms with Crippen molar-refractivity contribution in [2.45, 2.75) is 0 Å². The molecule has 0 atom stereocenters. The number of imide groups is 1. The number of nitrogen functional groups attached to an aromatic ring is 1. The molecule has 0 bridgehead atoms. The molecular weight excluding hydrogens is 322 g/mol. The Balaban J connectivity index is 2.00. The van der Waals surface area contributed by atoms with E-state index in [9.17, 15) is 9.59 Å². The minimum Gasteiger partial charge on any atom is -0.398 e. The Hall–Kier alpha value is -2.34. The lowest BCUT2D eigenvalue weighted by Gasteiger charge is -2.08. The molecule has 20 heavy (non-hydrogen) atoms. The largest absolute Gasteiger partial charge is 0.398 e. The van der Waals surface area contributed by atoms with E-state index >= 15 is 0 Å². The highest BCUT2D eigenvalue weighted by Gasteiger charge is 2.12. The second kappa shape index (κ2) is 6.21. The zero-order valence-electron chi connectivity index (χ0n) is 10.4. The van der Waals surface area contributed by atoms with Crippen LogP contribution in [-0.2, 0) is 0 Å². The number of amides is 3. The first-order valence-corrected chi connectivity index (χ1v) is 6.58. The number of carbonyl (C=O) groups excluding carboxylic acids is 2. The Morgan fingerprint density at radius 3 is 2.30 bits per heavy atom. The van der Waals surface area contributed by atoms with Crippen LogP contribution in [0.3, 0.4) is 0 Å². The molecule has 0 spiro atoms. The van der Waals surface area contributed by atoms with Crippen LogP contribution in [-0.4, -0.2) is 11.9 Å². The fourth-order valence-electron chi connectivity index (χ4n) is 1.57. The van der Waals surface area contributed by atoms with Crippen LogP contribution in [0.4, 0.5) is 16.2 Å². The van der Waals surface area contributed by atoms with Gasteiger partial charge in [0.1, 0.15) is 0 Å². The maximum absolute atomic E-state index is 11.9. The normalized spacial score (nSPS) is 9.85. The topological polar surface area (TPSA) is 84.2 Å². The van der Waals surface area contributed by atoms with Gasteiger partial charge in [-0.05, 0) is 36.4 Å². The van der Waals surface area contributed by atoms with Crippen molar-refractivity contribution in [2.75, 3.05) is 11.1 Å².